The molecule has 11 heteroatoms. The molecule has 1 aromatic heterocycles. The molecule has 3 rings (SSSR count). The van der Waals surface area contributed by atoms with Crippen LogP contribution in [0.5, 0.6) is 11.5 Å². The molecule has 3 N–H and O–H groups in total. The van der Waals surface area contributed by atoms with E-state index >= 15 is 0 Å². The molecule has 0 spiro atoms. The lowest BCUT2D eigenvalue weighted by molar-refractivity contribution is 0.202. The van der Waals surface area contributed by atoms with E-state index in [0.717, 1.165) is 5.56 Å². The van der Waals surface area contributed by atoms with Crippen LogP contribution in [-0.2, 0) is 0 Å². The van der Waals surface area contributed by atoms with Gasteiger partial charge in [0.15, 0.2) is 11.6 Å². The van der Waals surface area contributed by atoms with Gasteiger partial charge in [-0.25, -0.2) is 4.39 Å². The zero-order valence-corrected chi connectivity index (χ0v) is 19.8. The van der Waals surface area contributed by atoms with Crippen molar-refractivity contribution < 1.29 is 19.0 Å². The van der Waals surface area contributed by atoms with E-state index < -0.39 is 11.9 Å². The fourth-order valence-corrected chi connectivity index (χ4v) is 3.88. The van der Waals surface area contributed by atoms with Gasteiger partial charge in [0.25, 0.3) is 0 Å². The van der Waals surface area contributed by atoms with Gasteiger partial charge < -0.3 is 20.3 Å². The minimum Gasteiger partial charge on any atom is -0.489 e. The fourth-order valence-electron chi connectivity index (χ4n) is 2.48. The van der Waals surface area contributed by atoms with Crippen molar-refractivity contribution >= 4 is 46.9 Å². The average Bonchev–Trinajstić information content (AvgIpc) is 3.19. The number of nitrogens with zero attached hydrogens (tertiary/aromatic N) is 2. The molecule has 0 unspecified atom stereocenters. The normalized spacial score (nSPS) is 11.9. The predicted molar refractivity (Wildman–Crippen MR) is 124 cm³/mol. The van der Waals surface area contributed by atoms with Crippen LogP contribution in [0.2, 0.25) is 10.0 Å². The molecule has 0 amide bonds. The monoisotopic (exact) mass is 507 g/mol. The van der Waals surface area contributed by atoms with Gasteiger partial charge in [-0.05, 0) is 38.1 Å². The van der Waals surface area contributed by atoms with Crippen LogP contribution in [-0.4, -0.2) is 40.7 Å². The molecule has 0 aliphatic heterocycles. The van der Waals surface area contributed by atoms with Crippen LogP contribution in [0, 0.1) is 5.82 Å². The SMILES string of the molecule is CC(C)Oc1ccc(-c2nnc(-c3cc(F)c(OC[C@H](N)CO)cc3Cl)s2)cc1Cl.Cl. The smallest absolute Gasteiger partial charge is 0.165 e. The van der Waals surface area contributed by atoms with E-state index in [1.165, 1.54) is 23.5 Å². The van der Waals surface area contributed by atoms with Gasteiger partial charge in [0.2, 0.25) is 0 Å². The van der Waals surface area contributed by atoms with E-state index in [-0.39, 0.29) is 42.5 Å². The van der Waals surface area contributed by atoms with Gasteiger partial charge in [-0.2, -0.15) is 0 Å². The van der Waals surface area contributed by atoms with Crippen molar-refractivity contribution in [3.63, 3.8) is 0 Å². The Morgan fingerprint density at radius 3 is 2.45 bits per heavy atom. The zero-order chi connectivity index (χ0) is 21.8. The molecule has 0 aliphatic carbocycles. The maximum atomic E-state index is 14.4. The molecule has 0 aliphatic rings. The van der Waals surface area contributed by atoms with E-state index in [1.807, 2.05) is 19.9 Å². The number of ether oxygens (including phenoxy) is 2. The summed E-state index contributed by atoms with van der Waals surface area (Å²) in [6.07, 6.45) is 0.00449. The number of hydrogen-bond donors (Lipinski definition) is 2. The molecule has 0 fully saturated rings. The number of aromatic nitrogens is 2. The topological polar surface area (TPSA) is 90.5 Å². The zero-order valence-electron chi connectivity index (χ0n) is 16.6. The highest BCUT2D eigenvalue weighted by Gasteiger charge is 2.17. The van der Waals surface area contributed by atoms with Crippen molar-refractivity contribution in [1.82, 2.24) is 10.2 Å². The fraction of sp³-hybridized carbons (Fsp3) is 0.300. The summed E-state index contributed by atoms with van der Waals surface area (Å²) in [5, 5.41) is 19.0. The molecule has 1 heterocycles. The summed E-state index contributed by atoms with van der Waals surface area (Å²) in [5.74, 6) is -0.0822. The first-order valence-corrected chi connectivity index (χ1v) is 10.6. The van der Waals surface area contributed by atoms with Crippen molar-refractivity contribution in [1.29, 1.82) is 0 Å². The van der Waals surface area contributed by atoms with Gasteiger partial charge in [-0.15, -0.1) is 22.6 Å². The molecular formula is C20H21Cl3FN3O3S. The third kappa shape index (κ3) is 6.41. The van der Waals surface area contributed by atoms with E-state index in [0.29, 0.717) is 26.4 Å². The molecule has 2 aromatic carbocycles. The van der Waals surface area contributed by atoms with Crippen LogP contribution in [0.3, 0.4) is 0 Å². The lowest BCUT2D eigenvalue weighted by Gasteiger charge is -2.12. The van der Waals surface area contributed by atoms with Crippen molar-refractivity contribution in [2.24, 2.45) is 5.73 Å². The number of rotatable bonds is 8. The molecular weight excluding hydrogens is 488 g/mol. The highest BCUT2D eigenvalue weighted by Crippen LogP contribution is 2.38. The third-order valence-corrected chi connectivity index (χ3v) is 5.52. The van der Waals surface area contributed by atoms with Crippen molar-refractivity contribution in [2.45, 2.75) is 26.0 Å². The number of nitrogens with two attached hydrogens (primary N) is 1. The Morgan fingerprint density at radius 2 is 1.81 bits per heavy atom. The average molecular weight is 509 g/mol. The molecule has 0 saturated heterocycles. The van der Waals surface area contributed by atoms with Crippen LogP contribution in [0.25, 0.3) is 21.1 Å². The summed E-state index contributed by atoms with van der Waals surface area (Å²) < 4.78 is 25.4. The number of hydrogen-bond acceptors (Lipinski definition) is 7. The summed E-state index contributed by atoms with van der Waals surface area (Å²) in [4.78, 5) is 0. The standard InChI is InChI=1S/C20H20Cl2FN3O3S.ClH/c1-10(2)29-17-4-3-11(5-15(17)22)19-25-26-20(30-19)13-6-16(23)18(7-14(13)21)28-9-12(24)8-27;/h3-7,10,12,27H,8-9,24H2,1-2H3;1H/t12-;/m1./s1. The highest BCUT2D eigenvalue weighted by molar-refractivity contribution is 7.18. The van der Waals surface area contributed by atoms with E-state index in [2.05, 4.69) is 10.2 Å². The van der Waals surface area contributed by atoms with Crippen molar-refractivity contribution in [3.8, 4) is 32.6 Å². The first kappa shape index (κ1) is 25.6. The van der Waals surface area contributed by atoms with Gasteiger partial charge >= 0.3 is 0 Å². The molecule has 1 atom stereocenters. The van der Waals surface area contributed by atoms with Gasteiger partial charge in [0.05, 0.1) is 28.8 Å². The molecule has 3 aromatic rings. The summed E-state index contributed by atoms with van der Waals surface area (Å²) >= 11 is 13.9. The van der Waals surface area contributed by atoms with E-state index in [4.69, 9.17) is 43.5 Å². The van der Waals surface area contributed by atoms with Crippen molar-refractivity contribution in [3.05, 3.63) is 46.2 Å². The number of halogens is 4. The minimum absolute atomic E-state index is 0. The molecule has 6 nitrogen and oxygen atoms in total. The van der Waals surface area contributed by atoms with Crippen molar-refractivity contribution in [2.75, 3.05) is 13.2 Å². The number of benzene rings is 2. The molecule has 0 radical (unpaired) electrons. The van der Waals surface area contributed by atoms with Crippen LogP contribution in [0.1, 0.15) is 13.8 Å². The Morgan fingerprint density at radius 1 is 1.10 bits per heavy atom. The summed E-state index contributed by atoms with van der Waals surface area (Å²) in [5.41, 5.74) is 6.72. The second kappa shape index (κ2) is 11.3. The molecule has 31 heavy (non-hydrogen) atoms. The highest BCUT2D eigenvalue weighted by atomic mass is 35.5. The van der Waals surface area contributed by atoms with Crippen LogP contribution < -0.4 is 15.2 Å². The number of aliphatic hydroxyl groups excluding tert-OH is 1. The minimum atomic E-state index is -0.616. The maximum Gasteiger partial charge on any atom is 0.165 e. The molecule has 168 valence electrons. The van der Waals surface area contributed by atoms with Gasteiger partial charge in [-0.1, -0.05) is 34.5 Å². The Kier molecular flexibility index (Phi) is 9.29. The van der Waals surface area contributed by atoms with Gasteiger partial charge in [0.1, 0.15) is 22.4 Å². The Balaban J connectivity index is 0.00000341. The first-order chi connectivity index (χ1) is 14.3. The Bertz CT molecular complexity index is 1040. The summed E-state index contributed by atoms with van der Waals surface area (Å²) in [6, 6.07) is 7.32. The summed E-state index contributed by atoms with van der Waals surface area (Å²) in [6.45, 7) is 3.53. The molecule has 0 saturated carbocycles. The van der Waals surface area contributed by atoms with Crippen LogP contribution in [0.15, 0.2) is 30.3 Å². The lowest BCUT2D eigenvalue weighted by atomic mass is 10.2. The van der Waals surface area contributed by atoms with Crippen LogP contribution in [0.4, 0.5) is 4.39 Å². The summed E-state index contributed by atoms with van der Waals surface area (Å²) in [7, 11) is 0. The Hall–Kier alpha value is -1.68. The van der Waals surface area contributed by atoms with E-state index in [1.54, 1.807) is 12.1 Å². The van der Waals surface area contributed by atoms with Gasteiger partial charge in [0, 0.05) is 17.2 Å². The first-order valence-electron chi connectivity index (χ1n) is 9.07. The maximum absolute atomic E-state index is 14.4. The third-order valence-electron chi connectivity index (χ3n) is 3.91. The largest absolute Gasteiger partial charge is 0.489 e. The number of aliphatic hydroxyl groups is 1. The lowest BCUT2D eigenvalue weighted by Crippen LogP contribution is -2.31. The quantitative estimate of drug-likeness (QED) is 0.433. The Labute approximate surface area is 199 Å². The second-order valence-electron chi connectivity index (χ2n) is 6.74. The van der Waals surface area contributed by atoms with Gasteiger partial charge in [-0.3, -0.25) is 0 Å². The predicted octanol–water partition coefficient (Wildman–Crippen LogP) is 5.23. The van der Waals surface area contributed by atoms with E-state index in [9.17, 15) is 4.39 Å². The molecule has 0 bridgehead atoms. The second-order valence-corrected chi connectivity index (χ2v) is 8.53. The van der Waals surface area contributed by atoms with Crippen LogP contribution >= 0.6 is 46.9 Å².